The van der Waals surface area contributed by atoms with Gasteiger partial charge in [-0.05, 0) is 85.3 Å². The van der Waals surface area contributed by atoms with E-state index in [1.165, 1.54) is 0 Å². The van der Waals surface area contributed by atoms with Gasteiger partial charge in [0.25, 0.3) is 0 Å². The fourth-order valence-corrected chi connectivity index (χ4v) is 4.08. The largest absolute Gasteiger partial charge is 0.439 e. The third kappa shape index (κ3) is 5.41. The van der Waals surface area contributed by atoms with Crippen molar-refractivity contribution in [2.24, 2.45) is 0 Å². The zero-order chi connectivity index (χ0) is 28.6. The number of rotatable bonds is 6. The highest BCUT2D eigenvalue weighted by atomic mass is 19.4. The van der Waals surface area contributed by atoms with Crippen molar-refractivity contribution in [3.63, 3.8) is 0 Å². The zero-order valence-electron chi connectivity index (χ0n) is 21.4. The van der Waals surface area contributed by atoms with E-state index in [9.17, 15) is 26.3 Å². The van der Waals surface area contributed by atoms with Crippen LogP contribution in [-0.2, 0) is 5.41 Å². The molecule has 4 aromatic rings. The van der Waals surface area contributed by atoms with Crippen LogP contribution in [0.1, 0.15) is 33.4 Å². The van der Waals surface area contributed by atoms with Gasteiger partial charge in [-0.15, -0.1) is 0 Å². The molecule has 0 saturated carbocycles. The van der Waals surface area contributed by atoms with E-state index in [-0.39, 0.29) is 23.3 Å². The van der Waals surface area contributed by atoms with Crippen LogP contribution >= 0.6 is 0 Å². The molecule has 0 aliphatic rings. The Labute approximate surface area is 221 Å². The molecule has 0 unspecified atom stereocenters. The third-order valence-corrected chi connectivity index (χ3v) is 6.56. The van der Waals surface area contributed by atoms with Crippen LogP contribution in [0.5, 0.6) is 23.3 Å². The van der Waals surface area contributed by atoms with Crippen molar-refractivity contribution < 1.29 is 35.8 Å². The first kappa shape index (κ1) is 27.9. The Hall–Kier alpha value is -4.08. The number of halogens is 6. The molecule has 0 N–H and O–H groups in total. The molecule has 2 heterocycles. The molecule has 2 aromatic carbocycles. The summed E-state index contributed by atoms with van der Waals surface area (Å²) in [6.45, 7) is 7.33. The van der Waals surface area contributed by atoms with E-state index in [0.29, 0.717) is 0 Å². The summed E-state index contributed by atoms with van der Waals surface area (Å²) in [6, 6.07) is 10.5. The van der Waals surface area contributed by atoms with Gasteiger partial charge in [0.05, 0.1) is 0 Å². The summed E-state index contributed by atoms with van der Waals surface area (Å²) in [5, 5.41) is 0. The van der Waals surface area contributed by atoms with Crippen LogP contribution < -0.4 is 9.47 Å². The topological polar surface area (TPSA) is 44.2 Å². The van der Waals surface area contributed by atoms with Crippen LogP contribution in [0.25, 0.3) is 0 Å². The summed E-state index contributed by atoms with van der Waals surface area (Å²) in [7, 11) is 0. The second-order valence-corrected chi connectivity index (χ2v) is 9.21. The van der Waals surface area contributed by atoms with Crippen molar-refractivity contribution in [2.75, 3.05) is 0 Å². The predicted octanol–water partition coefficient (Wildman–Crippen LogP) is 8.71. The number of ether oxygens (including phenoxy) is 2. The van der Waals surface area contributed by atoms with Gasteiger partial charge in [-0.2, -0.15) is 26.3 Å². The molecule has 0 aliphatic carbocycles. The molecule has 0 spiro atoms. The van der Waals surface area contributed by atoms with Gasteiger partial charge in [-0.1, -0.05) is 24.3 Å². The van der Waals surface area contributed by atoms with Crippen LogP contribution in [-0.4, -0.2) is 22.3 Å². The highest BCUT2D eigenvalue weighted by molar-refractivity contribution is 5.48. The Balaban J connectivity index is 1.71. The second kappa shape index (κ2) is 10.2. The molecule has 204 valence electrons. The molecular weight excluding hydrogens is 522 g/mol. The Morgan fingerprint density at radius 2 is 0.846 bits per heavy atom. The molecule has 2 aromatic heterocycles. The molecule has 39 heavy (non-hydrogen) atoms. The first-order valence-electron chi connectivity index (χ1n) is 11.8. The second-order valence-electron chi connectivity index (χ2n) is 9.21. The van der Waals surface area contributed by atoms with Crippen LogP contribution in [0.3, 0.4) is 0 Å². The van der Waals surface area contributed by atoms with Crippen molar-refractivity contribution in [3.05, 3.63) is 106 Å². The first-order chi connectivity index (χ1) is 18.2. The van der Waals surface area contributed by atoms with Crippen molar-refractivity contribution >= 4 is 0 Å². The SMILES string of the molecule is Cc1cnc(Oc2ccc(C(c3ccc(Oc4cc(C)c(C)cn4)cc3)(C(F)(F)F)C(F)(F)F)cc2)cc1C. The van der Waals surface area contributed by atoms with Crippen molar-refractivity contribution in [1.29, 1.82) is 0 Å². The first-order valence-corrected chi connectivity index (χ1v) is 11.8. The van der Waals surface area contributed by atoms with Gasteiger partial charge < -0.3 is 9.47 Å². The van der Waals surface area contributed by atoms with Crippen molar-refractivity contribution in [1.82, 2.24) is 9.97 Å². The number of hydrogen-bond donors (Lipinski definition) is 0. The normalized spacial score (nSPS) is 12.4. The molecular formula is C29H24F6N2O2. The van der Waals surface area contributed by atoms with Gasteiger partial charge in [0, 0.05) is 24.5 Å². The lowest BCUT2D eigenvalue weighted by Crippen LogP contribution is -2.54. The molecule has 4 rings (SSSR count). The number of aromatic nitrogens is 2. The van der Waals surface area contributed by atoms with E-state index in [1.807, 2.05) is 27.7 Å². The minimum Gasteiger partial charge on any atom is -0.439 e. The molecule has 0 aliphatic heterocycles. The lowest BCUT2D eigenvalue weighted by Gasteiger charge is -2.38. The lowest BCUT2D eigenvalue weighted by molar-refractivity contribution is -0.288. The molecule has 0 bridgehead atoms. The standard InChI is InChI=1S/C29H24F6N2O2/c1-17-13-25(36-15-19(17)3)38-23-9-5-21(6-10-23)27(28(30,31)32,29(33,34)35)22-7-11-24(12-8-22)39-26-14-18(2)20(4)16-37-26/h5-16H,1-4H3. The van der Waals surface area contributed by atoms with Crippen LogP contribution in [0.15, 0.2) is 73.1 Å². The number of alkyl halides is 6. The summed E-state index contributed by atoms with van der Waals surface area (Å²) in [5.41, 5.74) is -2.77. The Bertz CT molecular complexity index is 1350. The van der Waals surface area contributed by atoms with Gasteiger partial charge in [0.2, 0.25) is 17.2 Å². The highest BCUT2D eigenvalue weighted by Crippen LogP contribution is 2.56. The van der Waals surface area contributed by atoms with Gasteiger partial charge in [0.15, 0.2) is 0 Å². The maximum Gasteiger partial charge on any atom is 0.411 e. The van der Waals surface area contributed by atoms with E-state index in [2.05, 4.69) is 9.97 Å². The summed E-state index contributed by atoms with van der Waals surface area (Å²) < 4.78 is 98.1. The van der Waals surface area contributed by atoms with Gasteiger partial charge in [-0.3, -0.25) is 0 Å². The molecule has 0 atom stereocenters. The Morgan fingerprint density at radius 3 is 1.13 bits per heavy atom. The predicted molar refractivity (Wildman–Crippen MR) is 133 cm³/mol. The molecule has 4 nitrogen and oxygen atoms in total. The van der Waals surface area contributed by atoms with Crippen molar-refractivity contribution in [2.45, 2.75) is 45.5 Å². The monoisotopic (exact) mass is 546 g/mol. The highest BCUT2D eigenvalue weighted by Gasteiger charge is 2.72. The van der Waals surface area contributed by atoms with E-state index in [1.54, 1.807) is 24.5 Å². The summed E-state index contributed by atoms with van der Waals surface area (Å²) >= 11 is 0. The summed E-state index contributed by atoms with van der Waals surface area (Å²) in [5.74, 6) is 0.407. The van der Waals surface area contributed by atoms with E-state index < -0.39 is 28.9 Å². The minimum absolute atomic E-state index is 0.0393. The average Bonchev–Trinajstić information content (AvgIpc) is 2.84. The third-order valence-electron chi connectivity index (χ3n) is 6.56. The fourth-order valence-electron chi connectivity index (χ4n) is 4.08. The fraction of sp³-hybridized carbons (Fsp3) is 0.241. The van der Waals surface area contributed by atoms with Gasteiger partial charge >= 0.3 is 12.4 Å². The summed E-state index contributed by atoms with van der Waals surface area (Å²) in [4.78, 5) is 8.16. The Morgan fingerprint density at radius 1 is 0.513 bits per heavy atom. The van der Waals surface area contributed by atoms with Crippen LogP contribution in [0.4, 0.5) is 26.3 Å². The summed E-state index contributed by atoms with van der Waals surface area (Å²) in [6.07, 6.45) is -8.33. The van der Waals surface area contributed by atoms with Gasteiger partial charge in [-0.25, -0.2) is 9.97 Å². The molecule has 10 heteroatoms. The molecule has 0 amide bonds. The van der Waals surface area contributed by atoms with Crippen LogP contribution in [0, 0.1) is 27.7 Å². The van der Waals surface area contributed by atoms with Crippen LogP contribution in [0.2, 0.25) is 0 Å². The molecule has 0 saturated heterocycles. The molecule has 0 fully saturated rings. The molecule has 0 radical (unpaired) electrons. The minimum atomic E-state index is -5.72. The maximum atomic E-state index is 14.5. The lowest BCUT2D eigenvalue weighted by atomic mass is 9.73. The Kier molecular flexibility index (Phi) is 7.34. The van der Waals surface area contributed by atoms with Crippen molar-refractivity contribution in [3.8, 4) is 23.3 Å². The number of nitrogens with zero attached hydrogens (tertiary/aromatic N) is 2. The van der Waals surface area contributed by atoms with E-state index in [4.69, 9.17) is 9.47 Å². The van der Waals surface area contributed by atoms with Gasteiger partial charge in [0.1, 0.15) is 11.5 Å². The number of benzene rings is 2. The number of aryl methyl sites for hydroxylation is 4. The van der Waals surface area contributed by atoms with E-state index in [0.717, 1.165) is 70.8 Å². The quantitative estimate of drug-likeness (QED) is 0.227. The average molecular weight is 547 g/mol. The number of pyridine rings is 2. The zero-order valence-corrected chi connectivity index (χ0v) is 21.4. The number of hydrogen-bond acceptors (Lipinski definition) is 4. The van der Waals surface area contributed by atoms with E-state index >= 15 is 0 Å². The maximum absolute atomic E-state index is 14.5. The smallest absolute Gasteiger partial charge is 0.411 e.